The molecule has 4 N–H and O–H groups in total. The molecule has 11 heteroatoms. The Bertz CT molecular complexity index is 1810. The molecule has 0 saturated carbocycles. The summed E-state index contributed by atoms with van der Waals surface area (Å²) in [4.78, 5) is 39.1. The summed E-state index contributed by atoms with van der Waals surface area (Å²) < 4.78 is 16.8. The molecule has 9 nitrogen and oxygen atoms in total. The second-order valence-electron chi connectivity index (χ2n) is 13.3. The third kappa shape index (κ3) is 8.71. The molecule has 1 saturated heterocycles. The van der Waals surface area contributed by atoms with Gasteiger partial charge < -0.3 is 16.0 Å². The quantitative estimate of drug-likeness (QED) is 0.105. The van der Waals surface area contributed by atoms with E-state index in [1.807, 2.05) is 24.3 Å². The standard InChI is InChI=1S/C37H47ClFN7O2/c1-23(2)7-5-8-26-19-31(35(39)32(38)20-26)33-21-28-22-46(37(48)44-36(28)43-33)30-13-11-27(12-14-30)34-10-6-9-29(15-16-41-24(3)40)45(34)18-17-42-25(4)47/h11-14,19-23,29,34H,5-10,15-18H2,1-4H3,(H2,40,41)(H,42,47)(H,43,44,48)/t29-,34-/m0/s1. The van der Waals surface area contributed by atoms with Crippen molar-refractivity contribution >= 4 is 34.4 Å². The highest BCUT2D eigenvalue weighted by atomic mass is 35.5. The van der Waals surface area contributed by atoms with Crippen LogP contribution in [0.25, 0.3) is 28.0 Å². The monoisotopic (exact) mass is 675 g/mol. The van der Waals surface area contributed by atoms with Gasteiger partial charge in [0.2, 0.25) is 5.91 Å². The first-order valence-electron chi connectivity index (χ1n) is 17.0. The van der Waals surface area contributed by atoms with Crippen molar-refractivity contribution in [2.75, 3.05) is 19.6 Å². The Morgan fingerprint density at radius 2 is 1.96 bits per heavy atom. The zero-order chi connectivity index (χ0) is 34.4. The number of fused-ring (bicyclic) bond motifs is 1. The lowest BCUT2D eigenvalue weighted by atomic mass is 9.89. The van der Waals surface area contributed by atoms with Crippen LogP contribution in [0.1, 0.15) is 83.4 Å². The number of H-pyrrole nitrogens is 1. The van der Waals surface area contributed by atoms with Crippen molar-refractivity contribution < 1.29 is 9.18 Å². The highest BCUT2D eigenvalue weighted by Crippen LogP contribution is 2.36. The minimum Gasteiger partial charge on any atom is -0.388 e. The van der Waals surface area contributed by atoms with Crippen LogP contribution in [-0.2, 0) is 11.2 Å². The first-order valence-corrected chi connectivity index (χ1v) is 17.4. The van der Waals surface area contributed by atoms with Crippen LogP contribution in [-0.4, -0.2) is 56.9 Å². The van der Waals surface area contributed by atoms with Crippen molar-refractivity contribution in [1.82, 2.24) is 24.8 Å². The van der Waals surface area contributed by atoms with E-state index < -0.39 is 11.5 Å². The van der Waals surface area contributed by atoms with Crippen LogP contribution in [0.4, 0.5) is 4.39 Å². The summed E-state index contributed by atoms with van der Waals surface area (Å²) in [6, 6.07) is 13.8. The normalized spacial score (nSPS) is 17.4. The lowest BCUT2D eigenvalue weighted by Gasteiger charge is -2.42. The van der Waals surface area contributed by atoms with Crippen molar-refractivity contribution in [3.05, 3.63) is 81.1 Å². The number of likely N-dealkylation sites (tertiary alicyclic amines) is 1. The Kier molecular flexibility index (Phi) is 11.7. The molecule has 0 aliphatic carbocycles. The number of halogens is 2. The van der Waals surface area contributed by atoms with E-state index in [1.54, 1.807) is 19.2 Å². The molecule has 3 heterocycles. The topological polar surface area (TPSA) is 121 Å². The molecule has 1 amide bonds. The van der Waals surface area contributed by atoms with Crippen molar-refractivity contribution in [3.63, 3.8) is 0 Å². The number of piperidine rings is 1. The maximum absolute atomic E-state index is 15.2. The van der Waals surface area contributed by atoms with E-state index in [0.717, 1.165) is 62.6 Å². The molecule has 0 bridgehead atoms. The molecule has 2 aromatic heterocycles. The highest BCUT2D eigenvalue weighted by molar-refractivity contribution is 6.31. The molecule has 4 aromatic rings. The van der Waals surface area contributed by atoms with Crippen LogP contribution < -0.4 is 16.7 Å². The molecule has 1 aliphatic heterocycles. The summed E-state index contributed by atoms with van der Waals surface area (Å²) in [5.41, 5.74) is 9.43. The van der Waals surface area contributed by atoms with Gasteiger partial charge >= 0.3 is 5.69 Å². The van der Waals surface area contributed by atoms with Crippen molar-refractivity contribution in [2.24, 2.45) is 16.6 Å². The fourth-order valence-corrected chi connectivity index (χ4v) is 7.01. The highest BCUT2D eigenvalue weighted by Gasteiger charge is 2.31. The minimum absolute atomic E-state index is 0.0436. The molecule has 0 spiro atoms. The number of carbonyl (C=O) groups excluding carboxylic acids is 1. The number of carbonyl (C=O) groups is 1. The largest absolute Gasteiger partial charge is 0.388 e. The van der Waals surface area contributed by atoms with Gasteiger partial charge in [-0.1, -0.05) is 44.0 Å². The van der Waals surface area contributed by atoms with Gasteiger partial charge in [-0.05, 0) is 92.8 Å². The van der Waals surface area contributed by atoms with E-state index >= 15 is 4.39 Å². The van der Waals surface area contributed by atoms with Crippen LogP contribution in [0, 0.1) is 11.7 Å². The third-order valence-electron chi connectivity index (χ3n) is 9.14. The summed E-state index contributed by atoms with van der Waals surface area (Å²) in [6.45, 7) is 9.67. The predicted octanol–water partition coefficient (Wildman–Crippen LogP) is 6.95. The number of aromatic amines is 1. The van der Waals surface area contributed by atoms with Gasteiger partial charge in [0.25, 0.3) is 0 Å². The molecule has 0 unspecified atom stereocenters. The Hall–Kier alpha value is -4.02. The Balaban J connectivity index is 1.39. The molecule has 256 valence electrons. The number of aliphatic imine (C=N–C) groups is 1. The van der Waals surface area contributed by atoms with Gasteiger partial charge in [-0.2, -0.15) is 4.98 Å². The number of benzene rings is 2. The number of aryl methyl sites for hydroxylation is 1. The fourth-order valence-electron chi connectivity index (χ4n) is 6.77. The number of rotatable bonds is 13. The molecule has 5 rings (SSSR count). The Labute approximate surface area is 286 Å². The second kappa shape index (κ2) is 15.9. The van der Waals surface area contributed by atoms with E-state index in [1.165, 1.54) is 11.5 Å². The van der Waals surface area contributed by atoms with Gasteiger partial charge in [-0.15, -0.1) is 0 Å². The summed E-state index contributed by atoms with van der Waals surface area (Å²) >= 11 is 6.31. The van der Waals surface area contributed by atoms with E-state index in [0.29, 0.717) is 58.9 Å². The number of hydrogen-bond donors (Lipinski definition) is 3. The molecule has 1 fully saturated rings. The maximum Gasteiger partial charge on any atom is 0.354 e. The fraction of sp³-hybridized carbons (Fsp3) is 0.459. The number of amidine groups is 1. The predicted molar refractivity (Wildman–Crippen MR) is 192 cm³/mol. The lowest BCUT2D eigenvalue weighted by Crippen LogP contribution is -2.45. The molecule has 48 heavy (non-hydrogen) atoms. The Morgan fingerprint density at radius 1 is 1.19 bits per heavy atom. The molecular formula is C37H47ClFN7O2. The summed E-state index contributed by atoms with van der Waals surface area (Å²) in [6.07, 6.45) is 8.65. The number of hydrogen-bond acceptors (Lipinski definition) is 5. The van der Waals surface area contributed by atoms with Crippen molar-refractivity contribution in [3.8, 4) is 16.9 Å². The van der Waals surface area contributed by atoms with Gasteiger partial charge in [0.05, 0.1) is 22.2 Å². The van der Waals surface area contributed by atoms with Crippen molar-refractivity contribution in [2.45, 2.75) is 84.7 Å². The summed E-state index contributed by atoms with van der Waals surface area (Å²) in [7, 11) is 0. The number of nitrogens with one attached hydrogen (secondary N) is 2. The zero-order valence-electron chi connectivity index (χ0n) is 28.4. The summed E-state index contributed by atoms with van der Waals surface area (Å²) in [5.74, 6) is 0.633. The summed E-state index contributed by atoms with van der Waals surface area (Å²) in [5, 5.41) is 3.70. The smallest absolute Gasteiger partial charge is 0.354 e. The number of amides is 1. The SMILES string of the molecule is CC(=O)NCCN1[C@H](CCN=C(C)N)CCC[C@H]1c1ccc(-n2cc3cc(-c4cc(CCCC(C)C)cc(Cl)c4F)[nH]c3nc2=O)cc1. The molecular weight excluding hydrogens is 629 g/mol. The first-order chi connectivity index (χ1) is 23.0. The maximum atomic E-state index is 15.2. The first kappa shape index (κ1) is 35.3. The molecule has 2 aromatic carbocycles. The second-order valence-corrected chi connectivity index (χ2v) is 13.7. The van der Waals surface area contributed by atoms with Gasteiger partial charge in [0, 0.05) is 55.8 Å². The van der Waals surface area contributed by atoms with Crippen molar-refractivity contribution in [1.29, 1.82) is 0 Å². The molecule has 2 atom stereocenters. The Morgan fingerprint density at radius 3 is 2.67 bits per heavy atom. The number of nitrogens with two attached hydrogens (primary N) is 1. The third-order valence-corrected chi connectivity index (χ3v) is 9.42. The minimum atomic E-state index is -0.500. The van der Waals surface area contributed by atoms with Crippen LogP contribution >= 0.6 is 11.6 Å². The average Bonchev–Trinajstić information content (AvgIpc) is 3.45. The average molecular weight is 676 g/mol. The van der Waals surface area contributed by atoms with Crippen LogP contribution in [0.2, 0.25) is 5.02 Å². The van der Waals surface area contributed by atoms with Crippen LogP contribution in [0.15, 0.2) is 58.4 Å². The molecule has 1 aliphatic rings. The lowest BCUT2D eigenvalue weighted by molar-refractivity contribution is -0.119. The van der Waals surface area contributed by atoms with E-state index in [-0.39, 0.29) is 17.0 Å². The van der Waals surface area contributed by atoms with Gasteiger partial charge in [-0.3, -0.25) is 19.3 Å². The van der Waals surface area contributed by atoms with Gasteiger partial charge in [-0.25, -0.2) is 9.18 Å². The number of nitrogens with zero attached hydrogens (tertiary/aromatic N) is 4. The van der Waals surface area contributed by atoms with Crippen LogP contribution in [0.5, 0.6) is 0 Å². The van der Waals surface area contributed by atoms with E-state index in [9.17, 15) is 9.59 Å². The van der Waals surface area contributed by atoms with Crippen LogP contribution in [0.3, 0.4) is 0 Å². The molecule has 0 radical (unpaired) electrons. The van der Waals surface area contributed by atoms with Gasteiger partial charge in [0.1, 0.15) is 5.65 Å². The number of aromatic nitrogens is 3. The van der Waals surface area contributed by atoms with E-state index in [2.05, 4.69) is 51.2 Å². The van der Waals surface area contributed by atoms with E-state index in [4.69, 9.17) is 17.3 Å². The zero-order valence-corrected chi connectivity index (χ0v) is 29.1. The van der Waals surface area contributed by atoms with Gasteiger partial charge in [0.15, 0.2) is 5.82 Å².